The Kier molecular flexibility index (Phi) is 6.21. The van der Waals surface area contributed by atoms with E-state index in [1.54, 1.807) is 31.2 Å². The number of nitrogens with one attached hydrogen (secondary N) is 3. The predicted octanol–water partition coefficient (Wildman–Crippen LogP) is 1.37. The summed E-state index contributed by atoms with van der Waals surface area (Å²) in [6.07, 6.45) is 1.14. The maximum Gasteiger partial charge on any atom is 0.448 e. The third-order valence-electron chi connectivity index (χ3n) is 7.15. The molecule has 2 aromatic heterocycles. The first-order valence-electron chi connectivity index (χ1n) is 12.6. The zero-order valence-corrected chi connectivity index (χ0v) is 21.5. The smallest absolute Gasteiger partial charge is 0.448 e. The van der Waals surface area contributed by atoms with E-state index in [4.69, 9.17) is 4.74 Å². The Balaban J connectivity index is 1.24. The molecule has 0 unspecified atom stereocenters. The summed E-state index contributed by atoms with van der Waals surface area (Å²) < 4.78 is 10.9. The summed E-state index contributed by atoms with van der Waals surface area (Å²) in [4.78, 5) is 65.9. The van der Waals surface area contributed by atoms with Gasteiger partial charge in [-0.05, 0) is 71.4 Å². The first kappa shape index (κ1) is 25.7. The van der Waals surface area contributed by atoms with Gasteiger partial charge in [-0.3, -0.25) is 18.9 Å². The first-order valence-corrected chi connectivity index (χ1v) is 12.6. The molecular formula is C27H22N6O8. The third-order valence-corrected chi connectivity index (χ3v) is 7.15. The van der Waals surface area contributed by atoms with Crippen LogP contribution in [0, 0.1) is 6.92 Å². The number of aromatic nitrogens is 3. The Morgan fingerprint density at radius 2 is 1.98 bits per heavy atom. The molecular weight excluding hydrogens is 536 g/mol. The van der Waals surface area contributed by atoms with E-state index < -0.39 is 29.6 Å². The van der Waals surface area contributed by atoms with Gasteiger partial charge in [0.1, 0.15) is 17.1 Å². The number of anilines is 1. The van der Waals surface area contributed by atoms with E-state index in [1.807, 2.05) is 0 Å². The molecule has 0 fully saturated rings. The summed E-state index contributed by atoms with van der Waals surface area (Å²) in [6, 6.07) is 9.00. The van der Waals surface area contributed by atoms with Crippen molar-refractivity contribution in [2.24, 2.45) is 0 Å². The second-order valence-electron chi connectivity index (χ2n) is 9.64. The molecule has 0 saturated carbocycles. The highest BCUT2D eigenvalue weighted by Gasteiger charge is 2.29. The Bertz CT molecular complexity index is 1840. The molecule has 0 spiro atoms. The van der Waals surface area contributed by atoms with Crippen molar-refractivity contribution in [3.8, 4) is 5.75 Å². The number of rotatable bonds is 6. The Morgan fingerprint density at radius 1 is 1.15 bits per heavy atom. The number of ether oxygens (including phenoxy) is 1. The third kappa shape index (κ3) is 4.64. The van der Waals surface area contributed by atoms with Crippen LogP contribution in [-0.4, -0.2) is 49.9 Å². The summed E-state index contributed by atoms with van der Waals surface area (Å²) >= 11 is 0. The normalized spacial score (nSPS) is 15.4. The lowest BCUT2D eigenvalue weighted by Gasteiger charge is -2.18. The van der Waals surface area contributed by atoms with Gasteiger partial charge in [-0.25, -0.2) is 19.0 Å². The topological polar surface area (TPSA) is 194 Å². The fraction of sp³-hybridized carbons (Fsp3) is 0.222. The number of nitrogens with zero attached hydrogens (tertiary/aromatic N) is 3. The van der Waals surface area contributed by atoms with Gasteiger partial charge in [0.15, 0.2) is 6.61 Å². The van der Waals surface area contributed by atoms with Crippen LogP contribution in [0.5, 0.6) is 5.75 Å². The van der Waals surface area contributed by atoms with E-state index in [9.17, 15) is 29.1 Å². The largest absolute Gasteiger partial charge is 0.482 e. The van der Waals surface area contributed by atoms with E-state index in [0.29, 0.717) is 35.4 Å². The number of hydrogen-bond acceptors (Lipinski definition) is 9. The molecule has 3 heterocycles. The number of hydrogen-bond donors (Lipinski definition) is 4. The Labute approximate surface area is 230 Å². The average molecular weight is 559 g/mol. The van der Waals surface area contributed by atoms with E-state index >= 15 is 0 Å². The number of carbonyl (C=O) groups is 4. The van der Waals surface area contributed by atoms with E-state index in [0.717, 1.165) is 15.5 Å². The summed E-state index contributed by atoms with van der Waals surface area (Å²) in [5.41, 5.74) is 3.28. The van der Waals surface area contributed by atoms with Gasteiger partial charge >= 0.3 is 11.7 Å². The lowest BCUT2D eigenvalue weighted by atomic mass is 9.98. The molecule has 1 atom stereocenters. The Hall–Kier alpha value is -5.53. The van der Waals surface area contributed by atoms with Crippen LogP contribution in [0.15, 0.2) is 45.7 Å². The molecule has 4 aromatic rings. The minimum absolute atomic E-state index is 0.0316. The van der Waals surface area contributed by atoms with Crippen molar-refractivity contribution in [1.82, 2.24) is 25.2 Å². The number of carboxylic acids is 1. The molecule has 0 saturated heterocycles. The van der Waals surface area contributed by atoms with Crippen molar-refractivity contribution in [3.05, 3.63) is 86.2 Å². The molecule has 0 bridgehead atoms. The van der Waals surface area contributed by atoms with Crippen LogP contribution in [0.4, 0.5) is 5.69 Å². The number of amides is 3. The van der Waals surface area contributed by atoms with Crippen molar-refractivity contribution in [1.29, 1.82) is 0 Å². The monoisotopic (exact) mass is 558 g/mol. The van der Waals surface area contributed by atoms with Crippen molar-refractivity contribution in [2.75, 3.05) is 11.9 Å². The zero-order valence-electron chi connectivity index (χ0n) is 21.5. The van der Waals surface area contributed by atoms with E-state index in [1.165, 1.54) is 12.1 Å². The number of carboxylic acid groups (broad SMARTS) is 1. The first-order chi connectivity index (χ1) is 19.7. The number of fused-ring (bicyclic) bond motifs is 3. The molecule has 208 valence electrons. The standard InChI is InChI=1S/C27H22N6O8/c1-12-14-5-6-17(16(14)4-3-15(12)25(37)38)30-23(35)19-9-20(33-26(31-19)32-41-27(33)39)24(36)28-10-13-2-7-21-18(8-13)29-22(34)11-40-21/h2-4,7-9,17H,5-6,10-11H2,1H3,(H,28,36)(H,29,34)(H,30,35)(H,37,38)/t17-/m0/s1. The summed E-state index contributed by atoms with van der Waals surface area (Å²) in [6.45, 7) is 1.69. The number of carbonyl (C=O) groups excluding carboxylic acids is 3. The van der Waals surface area contributed by atoms with Crippen molar-refractivity contribution in [2.45, 2.75) is 32.4 Å². The molecule has 1 aliphatic carbocycles. The molecule has 41 heavy (non-hydrogen) atoms. The molecule has 14 heteroatoms. The lowest BCUT2D eigenvalue weighted by molar-refractivity contribution is -0.118. The maximum atomic E-state index is 13.2. The van der Waals surface area contributed by atoms with Crippen LogP contribution < -0.4 is 26.4 Å². The highest BCUT2D eigenvalue weighted by atomic mass is 16.5. The van der Waals surface area contributed by atoms with Crippen LogP contribution in [0.1, 0.15) is 66.1 Å². The van der Waals surface area contributed by atoms with Crippen LogP contribution in [0.25, 0.3) is 5.78 Å². The fourth-order valence-electron chi connectivity index (χ4n) is 5.14. The summed E-state index contributed by atoms with van der Waals surface area (Å²) in [7, 11) is 0. The van der Waals surface area contributed by atoms with Gasteiger partial charge in [0.25, 0.3) is 23.5 Å². The van der Waals surface area contributed by atoms with Crippen LogP contribution in [-0.2, 0) is 17.8 Å². The van der Waals surface area contributed by atoms with E-state index in [2.05, 4.69) is 30.6 Å². The fourth-order valence-corrected chi connectivity index (χ4v) is 5.14. The number of benzene rings is 2. The average Bonchev–Trinajstić information content (AvgIpc) is 3.54. The molecule has 14 nitrogen and oxygen atoms in total. The minimum Gasteiger partial charge on any atom is -0.482 e. The molecule has 6 rings (SSSR count). The molecule has 0 radical (unpaired) electrons. The van der Waals surface area contributed by atoms with Gasteiger partial charge in [-0.15, -0.1) is 0 Å². The van der Waals surface area contributed by atoms with Crippen molar-refractivity contribution >= 4 is 35.2 Å². The molecule has 4 N–H and O–H groups in total. The van der Waals surface area contributed by atoms with Gasteiger partial charge in [0.2, 0.25) is 0 Å². The number of aromatic carboxylic acids is 1. The summed E-state index contributed by atoms with van der Waals surface area (Å²) in [5.74, 6) is -3.33. The molecule has 3 amide bonds. The van der Waals surface area contributed by atoms with Crippen LogP contribution >= 0.6 is 0 Å². The van der Waals surface area contributed by atoms with Gasteiger partial charge in [0.05, 0.1) is 17.3 Å². The Morgan fingerprint density at radius 3 is 2.78 bits per heavy atom. The van der Waals surface area contributed by atoms with E-state index in [-0.39, 0.29) is 41.8 Å². The van der Waals surface area contributed by atoms with Gasteiger partial charge in [-0.1, -0.05) is 12.1 Å². The zero-order chi connectivity index (χ0) is 28.8. The quantitative estimate of drug-likeness (QED) is 0.268. The van der Waals surface area contributed by atoms with Crippen LogP contribution in [0.2, 0.25) is 0 Å². The van der Waals surface area contributed by atoms with Gasteiger partial charge in [-0.2, -0.15) is 0 Å². The van der Waals surface area contributed by atoms with Crippen molar-refractivity contribution < 1.29 is 33.5 Å². The molecule has 2 aliphatic rings. The lowest BCUT2D eigenvalue weighted by Crippen LogP contribution is -2.31. The maximum absolute atomic E-state index is 13.2. The minimum atomic E-state index is -1.02. The molecule has 1 aliphatic heterocycles. The highest BCUT2D eigenvalue weighted by molar-refractivity contribution is 5.98. The van der Waals surface area contributed by atoms with Gasteiger partial charge < -0.3 is 25.8 Å². The second kappa shape index (κ2) is 9.89. The van der Waals surface area contributed by atoms with Crippen LogP contribution in [0.3, 0.4) is 0 Å². The summed E-state index contributed by atoms with van der Waals surface area (Å²) in [5, 5.41) is 21.2. The van der Waals surface area contributed by atoms with Crippen molar-refractivity contribution in [3.63, 3.8) is 0 Å². The highest BCUT2D eigenvalue weighted by Crippen LogP contribution is 2.35. The molecule has 2 aromatic carbocycles. The van der Waals surface area contributed by atoms with Gasteiger partial charge in [0, 0.05) is 6.54 Å². The second-order valence-corrected chi connectivity index (χ2v) is 9.64. The predicted molar refractivity (Wildman–Crippen MR) is 140 cm³/mol. The SMILES string of the molecule is Cc1c(C(=O)O)ccc2c1CC[C@@H]2NC(=O)c1cc(C(=O)NCc2ccc3c(c2)NC(=O)CO3)n2c(=O)onc2n1.